The Morgan fingerprint density at radius 1 is 1.29 bits per heavy atom. The minimum atomic E-state index is 0.0193. The summed E-state index contributed by atoms with van der Waals surface area (Å²) in [6.07, 6.45) is 1.63. The lowest BCUT2D eigenvalue weighted by atomic mass is 10.1. The largest absolute Gasteiger partial charge is 0.485 e. The zero-order chi connectivity index (χ0) is 10.2. The second-order valence-electron chi connectivity index (χ2n) is 2.93. The van der Waals surface area contributed by atoms with Gasteiger partial charge < -0.3 is 9.84 Å². The lowest BCUT2D eigenvalue weighted by Gasteiger charge is -2.05. The number of hydrogen-bond donors (Lipinski definition) is 1. The van der Waals surface area contributed by atoms with Crippen LogP contribution in [0.15, 0.2) is 30.3 Å². The predicted molar refractivity (Wildman–Crippen MR) is 60.4 cm³/mol. The average Bonchev–Trinajstić information content (AvgIpc) is 2.25. The second kappa shape index (κ2) is 6.51. The van der Waals surface area contributed by atoms with Crippen LogP contribution in [0, 0.1) is 0 Å². The molecule has 0 unspecified atom stereocenters. The van der Waals surface area contributed by atoms with E-state index >= 15 is 0 Å². The van der Waals surface area contributed by atoms with Gasteiger partial charge in [0.1, 0.15) is 6.61 Å². The molecule has 1 aromatic rings. The summed E-state index contributed by atoms with van der Waals surface area (Å²) in [5.41, 5.74) is 1.25. The predicted octanol–water partition coefficient (Wildman–Crippen LogP) is 1.96. The minimum Gasteiger partial charge on any atom is -0.485 e. The molecule has 0 aliphatic heterocycles. The Labute approximate surface area is 89.5 Å². The highest BCUT2D eigenvalue weighted by Gasteiger charge is 1.98. The number of ether oxygens (including phenoxy) is 1. The van der Waals surface area contributed by atoms with Gasteiger partial charge in [0, 0.05) is 6.42 Å². The van der Waals surface area contributed by atoms with Gasteiger partial charge in [-0.25, -0.2) is 0 Å². The molecule has 0 radical (unpaired) electrons. The Balaban J connectivity index is 2.24. The van der Waals surface area contributed by atoms with E-state index in [0.29, 0.717) is 11.7 Å². The molecule has 0 saturated heterocycles. The number of thiocarbonyl (C=S) groups is 1. The van der Waals surface area contributed by atoms with Crippen LogP contribution in [0.5, 0.6) is 0 Å². The van der Waals surface area contributed by atoms with Crippen LogP contribution in [0.4, 0.5) is 0 Å². The first-order valence-electron chi connectivity index (χ1n) is 4.63. The van der Waals surface area contributed by atoms with Gasteiger partial charge in [0.2, 0.25) is 0 Å². The van der Waals surface area contributed by atoms with Gasteiger partial charge in [0.05, 0.1) is 6.61 Å². The van der Waals surface area contributed by atoms with Crippen LogP contribution < -0.4 is 0 Å². The molecule has 0 aliphatic carbocycles. The Bertz CT molecular complexity index is 272. The molecule has 14 heavy (non-hydrogen) atoms. The molecule has 0 aromatic heterocycles. The second-order valence-corrected chi connectivity index (χ2v) is 3.39. The van der Waals surface area contributed by atoms with Crippen molar-refractivity contribution in [1.82, 2.24) is 0 Å². The Hall–Kier alpha value is -0.930. The monoisotopic (exact) mass is 210 g/mol. The molecule has 0 saturated carbocycles. The van der Waals surface area contributed by atoms with Crippen molar-refractivity contribution >= 4 is 17.3 Å². The minimum absolute atomic E-state index is 0.0193. The van der Waals surface area contributed by atoms with E-state index in [2.05, 4.69) is 12.1 Å². The number of aliphatic hydroxyl groups excluding tert-OH is 1. The van der Waals surface area contributed by atoms with Gasteiger partial charge in [-0.3, -0.25) is 0 Å². The van der Waals surface area contributed by atoms with Crippen LogP contribution in [-0.4, -0.2) is 23.4 Å². The summed E-state index contributed by atoms with van der Waals surface area (Å²) in [6.45, 7) is 0.319. The third-order valence-corrected chi connectivity index (χ3v) is 2.14. The standard InChI is InChI=1S/C11H14O2S/c12-8-9-13-11(14)7-6-10-4-2-1-3-5-10/h1-5,12H,6-9H2. The first kappa shape index (κ1) is 11.1. The number of benzene rings is 1. The van der Waals surface area contributed by atoms with Crippen LogP contribution >= 0.6 is 12.2 Å². The fraction of sp³-hybridized carbons (Fsp3) is 0.364. The fourth-order valence-corrected chi connectivity index (χ4v) is 1.31. The number of rotatable bonds is 5. The van der Waals surface area contributed by atoms with Crippen LogP contribution in [0.2, 0.25) is 0 Å². The van der Waals surface area contributed by atoms with E-state index in [1.54, 1.807) is 0 Å². The summed E-state index contributed by atoms with van der Waals surface area (Å²) in [4.78, 5) is 0. The molecule has 0 aliphatic rings. The van der Waals surface area contributed by atoms with E-state index in [9.17, 15) is 0 Å². The van der Waals surface area contributed by atoms with Crippen molar-refractivity contribution in [3.8, 4) is 0 Å². The smallest absolute Gasteiger partial charge is 0.160 e. The molecule has 0 fully saturated rings. The van der Waals surface area contributed by atoms with Gasteiger partial charge in [0.15, 0.2) is 5.05 Å². The molecule has 0 heterocycles. The van der Waals surface area contributed by atoms with E-state index in [4.69, 9.17) is 22.1 Å². The molecule has 0 atom stereocenters. The topological polar surface area (TPSA) is 29.5 Å². The van der Waals surface area contributed by atoms with Crippen LogP contribution in [0.25, 0.3) is 0 Å². The highest BCUT2D eigenvalue weighted by molar-refractivity contribution is 7.80. The molecular formula is C11H14O2S. The maximum Gasteiger partial charge on any atom is 0.160 e. The molecule has 1 N–H and O–H groups in total. The van der Waals surface area contributed by atoms with Crippen molar-refractivity contribution in [1.29, 1.82) is 0 Å². The molecule has 0 bridgehead atoms. The number of aliphatic hydroxyl groups is 1. The van der Waals surface area contributed by atoms with E-state index in [-0.39, 0.29) is 6.61 Å². The first-order valence-corrected chi connectivity index (χ1v) is 5.04. The highest BCUT2D eigenvalue weighted by Crippen LogP contribution is 2.03. The maximum absolute atomic E-state index is 8.52. The van der Waals surface area contributed by atoms with Gasteiger partial charge in [-0.15, -0.1) is 0 Å². The Morgan fingerprint density at radius 2 is 2.00 bits per heavy atom. The lowest BCUT2D eigenvalue weighted by Crippen LogP contribution is -2.07. The first-order chi connectivity index (χ1) is 6.83. The fourth-order valence-electron chi connectivity index (χ4n) is 1.12. The van der Waals surface area contributed by atoms with Gasteiger partial charge in [-0.05, 0) is 24.2 Å². The van der Waals surface area contributed by atoms with Crippen LogP contribution in [0.3, 0.4) is 0 Å². The maximum atomic E-state index is 8.52. The Morgan fingerprint density at radius 3 is 2.64 bits per heavy atom. The SMILES string of the molecule is OCCOC(=S)CCc1ccccc1. The molecule has 1 rings (SSSR count). The zero-order valence-electron chi connectivity index (χ0n) is 7.98. The van der Waals surface area contributed by atoms with Crippen molar-refractivity contribution in [2.75, 3.05) is 13.2 Å². The molecule has 0 spiro atoms. The lowest BCUT2D eigenvalue weighted by molar-refractivity contribution is 0.194. The van der Waals surface area contributed by atoms with Gasteiger partial charge in [-0.2, -0.15) is 0 Å². The quantitative estimate of drug-likeness (QED) is 0.753. The molecular weight excluding hydrogens is 196 g/mol. The molecule has 3 heteroatoms. The summed E-state index contributed by atoms with van der Waals surface area (Å²) < 4.78 is 5.09. The van der Waals surface area contributed by atoms with E-state index in [0.717, 1.165) is 12.8 Å². The van der Waals surface area contributed by atoms with E-state index < -0.39 is 0 Å². The highest BCUT2D eigenvalue weighted by atomic mass is 32.1. The molecule has 1 aromatic carbocycles. The number of hydrogen-bond acceptors (Lipinski definition) is 3. The summed E-state index contributed by atoms with van der Waals surface area (Å²) >= 11 is 4.99. The van der Waals surface area contributed by atoms with Gasteiger partial charge in [0.25, 0.3) is 0 Å². The summed E-state index contributed by atoms with van der Waals surface area (Å²) in [6, 6.07) is 10.1. The summed E-state index contributed by atoms with van der Waals surface area (Å²) in [7, 11) is 0. The van der Waals surface area contributed by atoms with E-state index in [1.807, 2.05) is 18.2 Å². The molecule has 0 amide bonds. The van der Waals surface area contributed by atoms with Gasteiger partial charge >= 0.3 is 0 Å². The summed E-state index contributed by atoms with van der Waals surface area (Å²) in [5.74, 6) is 0. The normalized spacial score (nSPS) is 9.79. The van der Waals surface area contributed by atoms with Crippen molar-refractivity contribution < 1.29 is 9.84 Å². The molecule has 76 valence electrons. The zero-order valence-corrected chi connectivity index (χ0v) is 8.80. The van der Waals surface area contributed by atoms with Crippen molar-refractivity contribution in [3.63, 3.8) is 0 Å². The van der Waals surface area contributed by atoms with Crippen LogP contribution in [-0.2, 0) is 11.2 Å². The van der Waals surface area contributed by atoms with Crippen LogP contribution in [0.1, 0.15) is 12.0 Å². The van der Waals surface area contributed by atoms with Gasteiger partial charge in [-0.1, -0.05) is 30.3 Å². The third kappa shape index (κ3) is 4.35. The van der Waals surface area contributed by atoms with Crippen molar-refractivity contribution in [2.45, 2.75) is 12.8 Å². The average molecular weight is 210 g/mol. The summed E-state index contributed by atoms with van der Waals surface area (Å²) in [5, 5.41) is 9.09. The number of aryl methyl sites for hydroxylation is 1. The third-order valence-electron chi connectivity index (χ3n) is 1.81. The molecule has 2 nitrogen and oxygen atoms in total. The Kier molecular flexibility index (Phi) is 5.19. The van der Waals surface area contributed by atoms with Crippen molar-refractivity contribution in [2.24, 2.45) is 0 Å². The van der Waals surface area contributed by atoms with Crippen molar-refractivity contribution in [3.05, 3.63) is 35.9 Å². The van der Waals surface area contributed by atoms with E-state index in [1.165, 1.54) is 5.56 Å².